The normalized spacial score (nSPS) is 12.3. The van der Waals surface area contributed by atoms with E-state index in [-0.39, 0.29) is 5.91 Å². The maximum absolute atomic E-state index is 12.3. The number of carbonyl (C=O) groups is 1. The number of nitrogens with one attached hydrogen (secondary N) is 1. The second-order valence-corrected chi connectivity index (χ2v) is 5.82. The van der Waals surface area contributed by atoms with Crippen LogP contribution in [-0.2, 0) is 18.3 Å². The first-order valence-electron chi connectivity index (χ1n) is 7.92. The van der Waals surface area contributed by atoms with E-state index >= 15 is 0 Å². The Hall–Kier alpha value is -2.73. The quantitative estimate of drug-likeness (QED) is 0.747. The number of pyridine rings is 1. The van der Waals surface area contributed by atoms with Crippen LogP contribution >= 0.6 is 0 Å². The molecule has 1 unspecified atom stereocenters. The van der Waals surface area contributed by atoms with Gasteiger partial charge in [-0.25, -0.2) is 0 Å². The molecule has 0 aliphatic heterocycles. The molecule has 0 radical (unpaired) electrons. The van der Waals surface area contributed by atoms with E-state index in [4.69, 9.17) is 5.73 Å². The average molecular weight is 323 g/mol. The van der Waals surface area contributed by atoms with Crippen LogP contribution in [0.25, 0.3) is 10.9 Å². The molecule has 6 heteroatoms. The highest BCUT2D eigenvalue weighted by Gasteiger charge is 2.19. The Morgan fingerprint density at radius 3 is 2.88 bits per heavy atom. The first kappa shape index (κ1) is 16.1. The SMILES string of the molecule is Cc1c(C(N)C(=O)NCCc2cccc3cccnc23)cnn1C. The van der Waals surface area contributed by atoms with Gasteiger partial charge in [0.1, 0.15) is 6.04 Å². The molecule has 0 bridgehead atoms. The Morgan fingerprint density at radius 1 is 1.33 bits per heavy atom. The van der Waals surface area contributed by atoms with Crippen LogP contribution in [0.15, 0.2) is 42.7 Å². The molecule has 3 N–H and O–H groups in total. The van der Waals surface area contributed by atoms with Crippen LogP contribution in [-0.4, -0.2) is 27.2 Å². The second kappa shape index (κ2) is 6.80. The van der Waals surface area contributed by atoms with Crippen LogP contribution in [0.2, 0.25) is 0 Å². The largest absolute Gasteiger partial charge is 0.354 e. The molecule has 1 atom stereocenters. The number of aromatic nitrogens is 3. The van der Waals surface area contributed by atoms with Crippen LogP contribution < -0.4 is 11.1 Å². The van der Waals surface area contributed by atoms with Crippen molar-refractivity contribution in [3.63, 3.8) is 0 Å². The van der Waals surface area contributed by atoms with Crippen molar-refractivity contribution < 1.29 is 4.79 Å². The number of hydrogen-bond donors (Lipinski definition) is 2. The lowest BCUT2D eigenvalue weighted by Gasteiger charge is -2.12. The Bertz CT molecular complexity index is 865. The topological polar surface area (TPSA) is 85.8 Å². The smallest absolute Gasteiger partial charge is 0.241 e. The number of para-hydroxylation sites is 1. The molecule has 3 aromatic rings. The van der Waals surface area contributed by atoms with Crippen molar-refractivity contribution in [2.45, 2.75) is 19.4 Å². The van der Waals surface area contributed by atoms with Gasteiger partial charge in [-0.1, -0.05) is 24.3 Å². The summed E-state index contributed by atoms with van der Waals surface area (Å²) in [5.74, 6) is -0.195. The molecule has 0 fully saturated rings. The number of amides is 1. The minimum atomic E-state index is -0.704. The second-order valence-electron chi connectivity index (χ2n) is 5.82. The minimum absolute atomic E-state index is 0.195. The third-order valence-corrected chi connectivity index (χ3v) is 4.30. The van der Waals surface area contributed by atoms with Crippen molar-refractivity contribution in [3.8, 4) is 0 Å². The summed E-state index contributed by atoms with van der Waals surface area (Å²) in [5.41, 5.74) is 9.78. The number of benzene rings is 1. The number of nitrogens with two attached hydrogens (primary N) is 1. The summed E-state index contributed by atoms with van der Waals surface area (Å²) < 4.78 is 1.71. The fraction of sp³-hybridized carbons (Fsp3) is 0.278. The highest BCUT2D eigenvalue weighted by molar-refractivity contribution is 5.83. The number of fused-ring (bicyclic) bond motifs is 1. The molecule has 6 nitrogen and oxygen atoms in total. The molecular weight excluding hydrogens is 302 g/mol. The lowest BCUT2D eigenvalue weighted by molar-refractivity contribution is -0.122. The van der Waals surface area contributed by atoms with Gasteiger partial charge in [0.25, 0.3) is 0 Å². The van der Waals surface area contributed by atoms with E-state index in [9.17, 15) is 4.79 Å². The highest BCUT2D eigenvalue weighted by Crippen LogP contribution is 2.17. The van der Waals surface area contributed by atoms with Gasteiger partial charge in [-0.15, -0.1) is 0 Å². The van der Waals surface area contributed by atoms with Crippen LogP contribution in [0.4, 0.5) is 0 Å². The summed E-state index contributed by atoms with van der Waals surface area (Å²) in [6, 6.07) is 9.32. The Labute approximate surface area is 140 Å². The molecule has 24 heavy (non-hydrogen) atoms. The van der Waals surface area contributed by atoms with E-state index in [2.05, 4.69) is 15.4 Å². The summed E-state index contributed by atoms with van der Waals surface area (Å²) in [6.07, 6.45) is 4.14. The highest BCUT2D eigenvalue weighted by atomic mass is 16.2. The fourth-order valence-electron chi connectivity index (χ4n) is 2.76. The maximum atomic E-state index is 12.3. The zero-order valence-corrected chi connectivity index (χ0v) is 13.9. The predicted molar refractivity (Wildman–Crippen MR) is 93.3 cm³/mol. The molecule has 0 saturated heterocycles. The molecule has 0 spiro atoms. The maximum Gasteiger partial charge on any atom is 0.241 e. The third kappa shape index (κ3) is 3.14. The molecule has 124 valence electrons. The van der Waals surface area contributed by atoms with Crippen LogP contribution in [0.3, 0.4) is 0 Å². The van der Waals surface area contributed by atoms with Crippen molar-refractivity contribution in [1.29, 1.82) is 0 Å². The monoisotopic (exact) mass is 323 g/mol. The Morgan fingerprint density at radius 2 is 2.12 bits per heavy atom. The van der Waals surface area contributed by atoms with Crippen LogP contribution in [0.5, 0.6) is 0 Å². The molecule has 1 aromatic carbocycles. The lowest BCUT2D eigenvalue weighted by Crippen LogP contribution is -2.35. The molecular formula is C18H21N5O. The van der Waals surface area contributed by atoms with Gasteiger partial charge in [0.05, 0.1) is 11.7 Å². The van der Waals surface area contributed by atoms with Gasteiger partial charge in [-0.3, -0.25) is 14.5 Å². The number of rotatable bonds is 5. The van der Waals surface area contributed by atoms with E-state index in [0.717, 1.165) is 27.7 Å². The zero-order chi connectivity index (χ0) is 17.1. The van der Waals surface area contributed by atoms with Gasteiger partial charge in [-0.05, 0) is 25.0 Å². The van der Waals surface area contributed by atoms with Gasteiger partial charge < -0.3 is 11.1 Å². The number of nitrogens with zero attached hydrogens (tertiary/aromatic N) is 3. The zero-order valence-electron chi connectivity index (χ0n) is 13.9. The van der Waals surface area contributed by atoms with Gasteiger partial charge in [0, 0.05) is 36.4 Å². The number of aryl methyl sites for hydroxylation is 1. The van der Waals surface area contributed by atoms with Gasteiger partial charge in [0.2, 0.25) is 5.91 Å². The van der Waals surface area contributed by atoms with E-state index in [1.165, 1.54) is 0 Å². The average Bonchev–Trinajstić information content (AvgIpc) is 2.93. The minimum Gasteiger partial charge on any atom is -0.354 e. The van der Waals surface area contributed by atoms with Crippen LogP contribution in [0.1, 0.15) is 22.9 Å². The molecule has 2 aromatic heterocycles. The molecule has 2 heterocycles. The first-order valence-corrected chi connectivity index (χ1v) is 7.92. The van der Waals surface area contributed by atoms with E-state index in [1.54, 1.807) is 17.1 Å². The van der Waals surface area contributed by atoms with E-state index in [0.29, 0.717) is 13.0 Å². The van der Waals surface area contributed by atoms with Gasteiger partial charge in [0.15, 0.2) is 0 Å². The van der Waals surface area contributed by atoms with Crippen molar-refractivity contribution in [3.05, 3.63) is 59.5 Å². The summed E-state index contributed by atoms with van der Waals surface area (Å²) in [7, 11) is 1.83. The van der Waals surface area contributed by atoms with Crippen molar-refractivity contribution in [2.24, 2.45) is 12.8 Å². The third-order valence-electron chi connectivity index (χ3n) is 4.30. The number of carbonyl (C=O) groups excluding carboxylic acids is 1. The van der Waals surface area contributed by atoms with Crippen molar-refractivity contribution in [2.75, 3.05) is 6.54 Å². The van der Waals surface area contributed by atoms with Gasteiger partial charge >= 0.3 is 0 Å². The lowest BCUT2D eigenvalue weighted by atomic mass is 10.1. The fourth-order valence-corrected chi connectivity index (χ4v) is 2.76. The van der Waals surface area contributed by atoms with Crippen molar-refractivity contribution >= 4 is 16.8 Å². The molecule has 0 aliphatic rings. The molecule has 3 rings (SSSR count). The van der Waals surface area contributed by atoms with Crippen LogP contribution in [0, 0.1) is 6.92 Å². The molecule has 0 saturated carbocycles. The van der Waals surface area contributed by atoms with E-state index < -0.39 is 6.04 Å². The van der Waals surface area contributed by atoms with Crippen molar-refractivity contribution in [1.82, 2.24) is 20.1 Å². The first-order chi connectivity index (χ1) is 11.6. The summed E-state index contributed by atoms with van der Waals surface area (Å²) in [6.45, 7) is 2.42. The Balaban J connectivity index is 1.63. The summed E-state index contributed by atoms with van der Waals surface area (Å²) >= 11 is 0. The summed E-state index contributed by atoms with van der Waals surface area (Å²) in [5, 5.41) is 8.13. The predicted octanol–water partition coefficient (Wildman–Crippen LogP) is 1.64. The molecule has 1 amide bonds. The Kier molecular flexibility index (Phi) is 4.57. The molecule has 0 aliphatic carbocycles. The van der Waals surface area contributed by atoms with E-state index in [1.807, 2.05) is 44.3 Å². The summed E-state index contributed by atoms with van der Waals surface area (Å²) in [4.78, 5) is 16.7. The van der Waals surface area contributed by atoms with Gasteiger partial charge in [-0.2, -0.15) is 5.10 Å². The number of hydrogen-bond acceptors (Lipinski definition) is 4. The standard InChI is InChI=1S/C18H21N5O/c1-12-15(11-22-23(12)2)16(19)18(24)21-10-8-14-6-3-5-13-7-4-9-20-17(13)14/h3-7,9,11,16H,8,10,19H2,1-2H3,(H,21,24).